The summed E-state index contributed by atoms with van der Waals surface area (Å²) in [4.78, 5) is 5.00. The number of hydrogen-bond acceptors (Lipinski definition) is 1. The number of aryl methyl sites for hydroxylation is 2. The molecule has 1 heterocycles. The van der Waals surface area contributed by atoms with Gasteiger partial charge in [0.25, 0.3) is 0 Å². The molecule has 1 aliphatic heterocycles. The molecule has 1 heteroatoms. The Bertz CT molecular complexity index is 795. The maximum Gasteiger partial charge on any atom is 0.0374 e. The molecule has 0 saturated carbocycles. The van der Waals surface area contributed by atoms with Crippen molar-refractivity contribution in [2.45, 2.75) is 137 Å². The average Bonchev–Trinajstić information content (AvgIpc) is 3.02. The second-order valence-corrected chi connectivity index (χ2v) is 10.5. The lowest BCUT2D eigenvalue weighted by atomic mass is 9.87. The molecule has 0 amide bonds. The van der Waals surface area contributed by atoms with Gasteiger partial charge in [-0.25, -0.2) is 0 Å². The van der Waals surface area contributed by atoms with Crippen molar-refractivity contribution in [3.8, 4) is 0 Å². The first-order valence-electron chi connectivity index (χ1n) is 14.6. The Labute approximate surface area is 212 Å². The number of nitrogens with zero attached hydrogens (tertiary/aromatic N) is 1. The van der Waals surface area contributed by atoms with Crippen LogP contribution in [0.15, 0.2) is 46.6 Å². The van der Waals surface area contributed by atoms with Gasteiger partial charge in [0, 0.05) is 17.8 Å². The Balaban J connectivity index is 1.85. The summed E-state index contributed by atoms with van der Waals surface area (Å²) in [6, 6.07) is 6.87. The van der Waals surface area contributed by atoms with Crippen molar-refractivity contribution in [3.63, 3.8) is 0 Å². The molecule has 1 unspecified atom stereocenters. The van der Waals surface area contributed by atoms with E-state index in [1.54, 1.807) is 11.1 Å². The number of unbranched alkanes of at least 4 members (excludes halogenated alkanes) is 7. The predicted molar refractivity (Wildman–Crippen MR) is 153 cm³/mol. The minimum absolute atomic E-state index is 0.708. The Morgan fingerprint density at radius 1 is 0.765 bits per heavy atom. The van der Waals surface area contributed by atoms with Gasteiger partial charge >= 0.3 is 0 Å². The van der Waals surface area contributed by atoms with Gasteiger partial charge in [0.1, 0.15) is 0 Å². The van der Waals surface area contributed by atoms with E-state index in [0.29, 0.717) is 5.92 Å². The molecule has 0 saturated heterocycles. The Morgan fingerprint density at radius 3 is 2.21 bits per heavy atom. The maximum atomic E-state index is 5.00. The van der Waals surface area contributed by atoms with Crippen molar-refractivity contribution in [2.75, 3.05) is 0 Å². The number of rotatable bonds is 17. The molecule has 0 fully saturated rings. The van der Waals surface area contributed by atoms with Crippen LogP contribution in [0.3, 0.4) is 0 Å². The molecule has 34 heavy (non-hydrogen) atoms. The standard InChI is InChI=1S/C33H53N/c1-6-9-11-12-16-23-33-25-24-32(26-27(4)34-33)31(18-10-7-2)20-15-13-14-19-30-22-17-21-29(8-3)28(30)5/h17,21-22,24,26,31H,6-16,18-20,23,25H2,1-5H3. The van der Waals surface area contributed by atoms with Gasteiger partial charge in [-0.05, 0) is 93.1 Å². The molecule has 0 radical (unpaired) electrons. The summed E-state index contributed by atoms with van der Waals surface area (Å²) in [5, 5.41) is 0. The number of allylic oxidation sites excluding steroid dienone is 4. The van der Waals surface area contributed by atoms with Crippen LogP contribution in [0.4, 0.5) is 0 Å². The first kappa shape index (κ1) is 28.6. The van der Waals surface area contributed by atoms with Crippen molar-refractivity contribution in [1.29, 1.82) is 0 Å². The molecule has 0 N–H and O–H groups in total. The van der Waals surface area contributed by atoms with Gasteiger partial charge in [-0.2, -0.15) is 0 Å². The topological polar surface area (TPSA) is 12.4 Å². The van der Waals surface area contributed by atoms with Crippen LogP contribution in [-0.2, 0) is 12.8 Å². The third-order valence-corrected chi connectivity index (χ3v) is 7.67. The van der Waals surface area contributed by atoms with E-state index in [4.69, 9.17) is 4.99 Å². The molecule has 1 aromatic carbocycles. The largest absolute Gasteiger partial charge is 0.262 e. The van der Waals surface area contributed by atoms with Crippen LogP contribution in [0.5, 0.6) is 0 Å². The van der Waals surface area contributed by atoms with Gasteiger partial charge in [-0.1, -0.05) is 96.4 Å². The fraction of sp³-hybridized carbons (Fsp3) is 0.667. The van der Waals surface area contributed by atoms with Crippen molar-refractivity contribution in [2.24, 2.45) is 10.9 Å². The lowest BCUT2D eigenvalue weighted by Crippen LogP contribution is -2.05. The number of hydrogen-bond donors (Lipinski definition) is 0. The second kappa shape index (κ2) is 16.9. The van der Waals surface area contributed by atoms with Crippen LogP contribution in [0.2, 0.25) is 0 Å². The maximum absolute atomic E-state index is 5.00. The van der Waals surface area contributed by atoms with E-state index in [9.17, 15) is 0 Å². The van der Waals surface area contributed by atoms with Crippen molar-refractivity contribution in [1.82, 2.24) is 0 Å². The van der Waals surface area contributed by atoms with Crippen LogP contribution in [0.1, 0.15) is 134 Å². The summed E-state index contributed by atoms with van der Waals surface area (Å²) in [6.45, 7) is 11.4. The third-order valence-electron chi connectivity index (χ3n) is 7.67. The highest BCUT2D eigenvalue weighted by Gasteiger charge is 2.15. The molecule has 0 spiro atoms. The van der Waals surface area contributed by atoms with E-state index in [1.807, 2.05) is 0 Å². The smallest absolute Gasteiger partial charge is 0.0374 e. The predicted octanol–water partition coefficient (Wildman–Crippen LogP) is 10.5. The van der Waals surface area contributed by atoms with E-state index in [1.165, 1.54) is 112 Å². The molecular formula is C33H53N. The fourth-order valence-corrected chi connectivity index (χ4v) is 5.44. The minimum atomic E-state index is 0.708. The van der Waals surface area contributed by atoms with Gasteiger partial charge in [-0.3, -0.25) is 4.99 Å². The zero-order chi connectivity index (χ0) is 24.6. The normalized spacial score (nSPS) is 14.9. The molecule has 1 atom stereocenters. The average molecular weight is 464 g/mol. The first-order valence-corrected chi connectivity index (χ1v) is 14.6. The van der Waals surface area contributed by atoms with Crippen LogP contribution >= 0.6 is 0 Å². The van der Waals surface area contributed by atoms with Crippen LogP contribution in [0.25, 0.3) is 0 Å². The highest BCUT2D eigenvalue weighted by atomic mass is 14.7. The summed E-state index contributed by atoms with van der Waals surface area (Å²) < 4.78 is 0. The Hall–Kier alpha value is -1.63. The van der Waals surface area contributed by atoms with Crippen molar-refractivity contribution in [3.05, 3.63) is 58.3 Å². The summed E-state index contributed by atoms with van der Waals surface area (Å²) in [5.41, 5.74) is 8.80. The lowest BCUT2D eigenvalue weighted by Gasteiger charge is -2.18. The van der Waals surface area contributed by atoms with Gasteiger partial charge in [-0.15, -0.1) is 0 Å². The monoisotopic (exact) mass is 463 g/mol. The molecule has 1 aliphatic rings. The highest BCUT2D eigenvalue weighted by molar-refractivity contribution is 5.87. The fourth-order valence-electron chi connectivity index (χ4n) is 5.44. The van der Waals surface area contributed by atoms with Gasteiger partial charge < -0.3 is 0 Å². The Morgan fingerprint density at radius 2 is 1.44 bits per heavy atom. The van der Waals surface area contributed by atoms with Gasteiger partial charge in [0.05, 0.1) is 0 Å². The Kier molecular flexibility index (Phi) is 14.2. The molecular weight excluding hydrogens is 410 g/mol. The SMILES string of the molecule is CCCCCCCC1=NC(C)=CC(C(CCCC)CCCCCc2cccc(CC)c2C)=CC1. The van der Waals surface area contributed by atoms with Crippen LogP contribution < -0.4 is 0 Å². The molecule has 0 aromatic heterocycles. The molecule has 0 aliphatic carbocycles. The van der Waals surface area contributed by atoms with E-state index in [2.05, 4.69) is 65.0 Å². The molecule has 1 aromatic rings. The lowest BCUT2D eigenvalue weighted by molar-refractivity contribution is 0.471. The van der Waals surface area contributed by atoms with E-state index >= 15 is 0 Å². The first-order chi connectivity index (χ1) is 16.6. The van der Waals surface area contributed by atoms with E-state index in [0.717, 1.165) is 12.8 Å². The molecule has 1 nitrogen and oxygen atoms in total. The van der Waals surface area contributed by atoms with Crippen LogP contribution in [0, 0.1) is 12.8 Å². The van der Waals surface area contributed by atoms with Gasteiger partial charge in [0.15, 0.2) is 0 Å². The quantitative estimate of drug-likeness (QED) is 0.204. The van der Waals surface area contributed by atoms with E-state index in [-0.39, 0.29) is 0 Å². The minimum Gasteiger partial charge on any atom is -0.262 e. The van der Waals surface area contributed by atoms with Crippen LogP contribution in [-0.4, -0.2) is 5.71 Å². The summed E-state index contributed by atoms with van der Waals surface area (Å²) in [7, 11) is 0. The second-order valence-electron chi connectivity index (χ2n) is 10.5. The van der Waals surface area contributed by atoms with Crippen molar-refractivity contribution >= 4 is 5.71 Å². The zero-order valence-corrected chi connectivity index (χ0v) is 23.2. The summed E-state index contributed by atoms with van der Waals surface area (Å²) in [6.07, 6.45) is 25.6. The molecule has 2 rings (SSSR count). The highest BCUT2D eigenvalue weighted by Crippen LogP contribution is 2.29. The van der Waals surface area contributed by atoms with E-state index < -0.39 is 0 Å². The van der Waals surface area contributed by atoms with Crippen molar-refractivity contribution < 1.29 is 0 Å². The zero-order valence-electron chi connectivity index (χ0n) is 23.2. The third kappa shape index (κ3) is 10.3. The molecule has 190 valence electrons. The summed E-state index contributed by atoms with van der Waals surface area (Å²) >= 11 is 0. The molecule has 0 bridgehead atoms. The number of benzene rings is 1. The number of aliphatic imine (C=N–C) groups is 1. The van der Waals surface area contributed by atoms with Gasteiger partial charge in [0.2, 0.25) is 0 Å². The summed E-state index contributed by atoms with van der Waals surface area (Å²) in [5.74, 6) is 0.708.